The molecule has 3 rings (SSSR count). The molecule has 5 nitrogen and oxygen atoms in total. The van der Waals surface area contributed by atoms with Crippen LogP contribution in [0, 0.1) is 5.82 Å². The number of hydrogen-bond donors (Lipinski definition) is 2. The summed E-state index contributed by atoms with van der Waals surface area (Å²) in [6.07, 6.45) is -2.50. The van der Waals surface area contributed by atoms with Crippen molar-refractivity contribution in [2.45, 2.75) is 25.4 Å². The molecule has 0 spiro atoms. The third kappa shape index (κ3) is 3.49. The Labute approximate surface area is 147 Å². The van der Waals surface area contributed by atoms with E-state index in [-0.39, 0.29) is 24.1 Å². The van der Waals surface area contributed by atoms with Gasteiger partial charge >= 0.3 is 6.03 Å². The molecule has 0 saturated heterocycles. The van der Waals surface area contributed by atoms with E-state index in [0.29, 0.717) is 5.69 Å². The SMILES string of the molecule is NC(=O)N[C@@H]1Cc2ccccc2N(Cc2cc(C(F)F)ccc2F)C1=O. The number of anilines is 1. The molecule has 2 aromatic rings. The van der Waals surface area contributed by atoms with Crippen LogP contribution in [-0.4, -0.2) is 18.0 Å². The Morgan fingerprint density at radius 3 is 2.69 bits per heavy atom. The predicted octanol–water partition coefficient (Wildman–Crippen LogP) is 2.89. The van der Waals surface area contributed by atoms with E-state index in [1.807, 2.05) is 0 Å². The first-order chi connectivity index (χ1) is 12.4. The molecule has 3 N–H and O–H groups in total. The van der Waals surface area contributed by atoms with Crippen LogP contribution in [0.2, 0.25) is 0 Å². The number of primary amides is 1. The lowest BCUT2D eigenvalue weighted by molar-refractivity contribution is -0.120. The van der Waals surface area contributed by atoms with Crippen LogP contribution in [0.25, 0.3) is 0 Å². The van der Waals surface area contributed by atoms with Crippen molar-refractivity contribution in [1.29, 1.82) is 0 Å². The summed E-state index contributed by atoms with van der Waals surface area (Å²) in [5.74, 6) is -1.17. The summed E-state index contributed by atoms with van der Waals surface area (Å²) in [7, 11) is 0. The van der Waals surface area contributed by atoms with Crippen LogP contribution in [-0.2, 0) is 17.8 Å². The number of halogens is 3. The standard InChI is InChI=1S/C18H16F3N3O2/c19-13-6-5-11(16(20)21)7-12(13)9-24-15-4-2-1-3-10(15)8-14(17(24)25)23-18(22)26/h1-7,14,16H,8-9H2,(H3,22,23,26)/t14-/m1/s1. The zero-order chi connectivity index (χ0) is 18.8. The lowest BCUT2D eigenvalue weighted by Gasteiger charge is -2.34. The number of nitrogens with one attached hydrogen (secondary N) is 1. The number of amides is 3. The largest absolute Gasteiger partial charge is 0.352 e. The highest BCUT2D eigenvalue weighted by Gasteiger charge is 2.33. The van der Waals surface area contributed by atoms with Crippen molar-refractivity contribution in [3.63, 3.8) is 0 Å². The van der Waals surface area contributed by atoms with Crippen LogP contribution in [0.5, 0.6) is 0 Å². The van der Waals surface area contributed by atoms with E-state index in [2.05, 4.69) is 5.32 Å². The molecule has 0 radical (unpaired) electrons. The highest BCUT2D eigenvalue weighted by Crippen LogP contribution is 2.30. The molecular formula is C18H16F3N3O2. The van der Waals surface area contributed by atoms with E-state index in [1.54, 1.807) is 24.3 Å². The minimum absolute atomic E-state index is 0.0364. The fraction of sp³-hybridized carbons (Fsp3) is 0.222. The minimum Gasteiger partial charge on any atom is -0.352 e. The zero-order valence-electron chi connectivity index (χ0n) is 13.6. The van der Waals surface area contributed by atoms with E-state index < -0.39 is 30.2 Å². The number of carbonyl (C=O) groups excluding carboxylic acids is 2. The molecule has 1 aliphatic heterocycles. The fourth-order valence-corrected chi connectivity index (χ4v) is 3.03. The number of alkyl halides is 2. The molecule has 2 aromatic carbocycles. The molecule has 1 heterocycles. The third-order valence-corrected chi connectivity index (χ3v) is 4.24. The van der Waals surface area contributed by atoms with E-state index in [9.17, 15) is 22.8 Å². The molecule has 0 bridgehead atoms. The summed E-state index contributed by atoms with van der Waals surface area (Å²) in [4.78, 5) is 25.2. The summed E-state index contributed by atoms with van der Waals surface area (Å²) in [5, 5.41) is 2.37. The van der Waals surface area contributed by atoms with Crippen LogP contribution >= 0.6 is 0 Å². The summed E-state index contributed by atoms with van der Waals surface area (Å²) >= 11 is 0. The Kier molecular flexibility index (Phi) is 4.83. The average molecular weight is 363 g/mol. The first kappa shape index (κ1) is 17.8. The topological polar surface area (TPSA) is 75.4 Å². The number of urea groups is 1. The maximum atomic E-state index is 14.1. The van der Waals surface area contributed by atoms with Gasteiger partial charge < -0.3 is 16.0 Å². The van der Waals surface area contributed by atoms with Crippen molar-refractivity contribution in [3.05, 3.63) is 65.0 Å². The van der Waals surface area contributed by atoms with Gasteiger partial charge in [0.1, 0.15) is 11.9 Å². The smallest absolute Gasteiger partial charge is 0.312 e. The summed E-state index contributed by atoms with van der Waals surface area (Å²) < 4.78 is 40.0. The number of fused-ring (bicyclic) bond motifs is 1. The predicted molar refractivity (Wildman–Crippen MR) is 89.2 cm³/mol. The summed E-state index contributed by atoms with van der Waals surface area (Å²) in [6, 6.07) is 8.19. The Hall–Kier alpha value is -3.03. The summed E-state index contributed by atoms with van der Waals surface area (Å²) in [6.45, 7) is -0.237. The molecule has 0 fully saturated rings. The highest BCUT2D eigenvalue weighted by atomic mass is 19.3. The van der Waals surface area contributed by atoms with Gasteiger partial charge in [-0.3, -0.25) is 4.79 Å². The molecule has 8 heteroatoms. The molecule has 136 valence electrons. The van der Waals surface area contributed by atoms with Gasteiger partial charge in [0.05, 0.1) is 6.54 Å². The quantitative estimate of drug-likeness (QED) is 0.876. The second-order valence-corrected chi connectivity index (χ2v) is 5.97. The van der Waals surface area contributed by atoms with Gasteiger partial charge in [0.25, 0.3) is 6.43 Å². The number of rotatable bonds is 4. The Bertz CT molecular complexity index is 857. The number of benzene rings is 2. The minimum atomic E-state index is -2.75. The first-order valence-corrected chi connectivity index (χ1v) is 7.88. The van der Waals surface area contributed by atoms with E-state index >= 15 is 0 Å². The van der Waals surface area contributed by atoms with Crippen molar-refractivity contribution in [2.75, 3.05) is 4.90 Å². The van der Waals surface area contributed by atoms with Crippen LogP contribution in [0.3, 0.4) is 0 Å². The van der Waals surface area contributed by atoms with Gasteiger partial charge in [-0.2, -0.15) is 0 Å². The van der Waals surface area contributed by atoms with Gasteiger partial charge in [0.15, 0.2) is 0 Å². The van der Waals surface area contributed by atoms with Crippen LogP contribution in [0.15, 0.2) is 42.5 Å². The number of nitrogens with zero attached hydrogens (tertiary/aromatic N) is 1. The van der Waals surface area contributed by atoms with Gasteiger partial charge in [0, 0.05) is 23.2 Å². The lowest BCUT2D eigenvalue weighted by Crippen LogP contribution is -2.53. The molecule has 0 aromatic heterocycles. The van der Waals surface area contributed by atoms with Crippen LogP contribution < -0.4 is 16.0 Å². The maximum Gasteiger partial charge on any atom is 0.312 e. The van der Waals surface area contributed by atoms with E-state index in [1.165, 1.54) is 4.90 Å². The van der Waals surface area contributed by atoms with E-state index in [4.69, 9.17) is 5.73 Å². The van der Waals surface area contributed by atoms with Crippen molar-refractivity contribution in [2.24, 2.45) is 5.73 Å². The zero-order valence-corrected chi connectivity index (χ0v) is 13.6. The molecule has 3 amide bonds. The van der Waals surface area contributed by atoms with Gasteiger partial charge in [0.2, 0.25) is 5.91 Å². The number of nitrogens with two attached hydrogens (primary N) is 1. The average Bonchev–Trinajstić information content (AvgIpc) is 2.59. The molecule has 0 aliphatic carbocycles. The lowest BCUT2D eigenvalue weighted by atomic mass is 9.96. The van der Waals surface area contributed by atoms with Crippen molar-refractivity contribution < 1.29 is 22.8 Å². The molecule has 26 heavy (non-hydrogen) atoms. The van der Waals surface area contributed by atoms with Crippen molar-refractivity contribution >= 4 is 17.6 Å². The Morgan fingerprint density at radius 1 is 1.27 bits per heavy atom. The first-order valence-electron chi connectivity index (χ1n) is 7.88. The molecule has 0 unspecified atom stereocenters. The monoisotopic (exact) mass is 363 g/mol. The van der Waals surface area contributed by atoms with Gasteiger partial charge in [-0.25, -0.2) is 18.0 Å². The van der Waals surface area contributed by atoms with Crippen molar-refractivity contribution in [3.8, 4) is 0 Å². The number of hydrogen-bond acceptors (Lipinski definition) is 2. The van der Waals surface area contributed by atoms with Gasteiger partial charge in [-0.15, -0.1) is 0 Å². The normalized spacial score (nSPS) is 16.5. The number of carbonyl (C=O) groups is 2. The molecule has 1 atom stereocenters. The molecular weight excluding hydrogens is 347 g/mol. The van der Waals surface area contributed by atoms with Crippen LogP contribution in [0.4, 0.5) is 23.7 Å². The summed E-state index contributed by atoms with van der Waals surface area (Å²) in [5.41, 5.74) is 6.06. The molecule has 0 saturated carbocycles. The van der Waals surface area contributed by atoms with Crippen molar-refractivity contribution in [1.82, 2.24) is 5.32 Å². The fourth-order valence-electron chi connectivity index (χ4n) is 3.03. The molecule has 1 aliphatic rings. The number of para-hydroxylation sites is 1. The highest BCUT2D eigenvalue weighted by molar-refractivity contribution is 6.01. The van der Waals surface area contributed by atoms with Gasteiger partial charge in [-0.1, -0.05) is 24.3 Å². The Balaban J connectivity index is 1.98. The van der Waals surface area contributed by atoms with Gasteiger partial charge in [-0.05, 0) is 23.8 Å². The Morgan fingerprint density at radius 2 is 2.00 bits per heavy atom. The maximum absolute atomic E-state index is 14.1. The third-order valence-electron chi connectivity index (χ3n) is 4.24. The van der Waals surface area contributed by atoms with E-state index in [0.717, 1.165) is 23.8 Å². The second-order valence-electron chi connectivity index (χ2n) is 5.97. The second kappa shape index (κ2) is 7.07. The van der Waals surface area contributed by atoms with Crippen LogP contribution in [0.1, 0.15) is 23.1 Å².